The van der Waals surface area contributed by atoms with E-state index in [0.717, 1.165) is 43.0 Å². The maximum Gasteiger partial charge on any atom is 0.157 e. The van der Waals surface area contributed by atoms with Gasteiger partial charge in [0.1, 0.15) is 5.82 Å². The molecule has 0 amide bonds. The second kappa shape index (κ2) is 8.06. The maximum absolute atomic E-state index is 10.2. The van der Waals surface area contributed by atoms with Gasteiger partial charge in [-0.1, -0.05) is 30.3 Å². The summed E-state index contributed by atoms with van der Waals surface area (Å²) in [5, 5.41) is 21.4. The Morgan fingerprint density at radius 1 is 1.30 bits per heavy atom. The fourth-order valence-corrected chi connectivity index (χ4v) is 3.81. The molecule has 6 nitrogen and oxygen atoms in total. The SMILES string of the molecule is CC(Nc1cc(CC[C@H]2CCNC[C@@H]2O)nc2ccnn12)c1ccccc1. The van der Waals surface area contributed by atoms with E-state index in [2.05, 4.69) is 53.0 Å². The zero-order chi connectivity index (χ0) is 18.6. The van der Waals surface area contributed by atoms with Gasteiger partial charge >= 0.3 is 0 Å². The monoisotopic (exact) mass is 365 g/mol. The highest BCUT2D eigenvalue weighted by atomic mass is 16.3. The molecule has 0 aliphatic carbocycles. The minimum Gasteiger partial charge on any atom is -0.392 e. The molecule has 1 aromatic carbocycles. The van der Waals surface area contributed by atoms with Gasteiger partial charge in [-0.05, 0) is 44.2 Å². The molecule has 3 N–H and O–H groups in total. The normalized spacial score (nSPS) is 21.3. The number of hydrogen-bond acceptors (Lipinski definition) is 5. The van der Waals surface area contributed by atoms with E-state index in [0.29, 0.717) is 12.5 Å². The molecule has 3 aromatic rings. The Hall–Kier alpha value is -2.44. The fourth-order valence-electron chi connectivity index (χ4n) is 3.81. The van der Waals surface area contributed by atoms with Crippen LogP contribution in [-0.2, 0) is 6.42 Å². The quantitative estimate of drug-likeness (QED) is 0.626. The lowest BCUT2D eigenvalue weighted by molar-refractivity contribution is 0.0772. The van der Waals surface area contributed by atoms with Gasteiger partial charge < -0.3 is 15.7 Å². The Bertz CT molecular complexity index is 879. The number of benzene rings is 1. The molecule has 27 heavy (non-hydrogen) atoms. The number of fused-ring (bicyclic) bond motifs is 1. The van der Waals surface area contributed by atoms with Gasteiger partial charge in [-0.3, -0.25) is 0 Å². The molecule has 1 aliphatic heterocycles. The van der Waals surface area contributed by atoms with Crippen LogP contribution in [0, 0.1) is 5.92 Å². The van der Waals surface area contributed by atoms with Crippen LogP contribution in [0.5, 0.6) is 0 Å². The number of anilines is 1. The molecule has 3 heterocycles. The Morgan fingerprint density at radius 3 is 2.96 bits per heavy atom. The van der Waals surface area contributed by atoms with Gasteiger partial charge in [0.05, 0.1) is 12.3 Å². The lowest BCUT2D eigenvalue weighted by Gasteiger charge is -2.28. The van der Waals surface area contributed by atoms with Crippen molar-refractivity contribution in [3.63, 3.8) is 0 Å². The van der Waals surface area contributed by atoms with Crippen molar-refractivity contribution < 1.29 is 5.11 Å². The van der Waals surface area contributed by atoms with Crippen LogP contribution >= 0.6 is 0 Å². The summed E-state index contributed by atoms with van der Waals surface area (Å²) in [7, 11) is 0. The standard InChI is InChI=1S/C21H27N5O/c1-15(16-5-3-2-4-6-16)24-21-13-18(25-20-10-12-23-26(20)21)8-7-17-9-11-22-14-19(17)27/h2-6,10,12-13,15,17,19,22,24,27H,7-9,11,14H2,1H3/t15?,17-,19-/m0/s1. The molecule has 1 saturated heterocycles. The lowest BCUT2D eigenvalue weighted by atomic mass is 9.90. The highest BCUT2D eigenvalue weighted by Crippen LogP contribution is 2.23. The van der Waals surface area contributed by atoms with Crippen LogP contribution in [0.3, 0.4) is 0 Å². The predicted molar refractivity (Wildman–Crippen MR) is 107 cm³/mol. The molecule has 1 aliphatic rings. The zero-order valence-corrected chi connectivity index (χ0v) is 15.7. The first-order chi connectivity index (χ1) is 13.2. The third kappa shape index (κ3) is 4.12. The van der Waals surface area contributed by atoms with Gasteiger partial charge in [0.2, 0.25) is 0 Å². The Balaban J connectivity index is 1.52. The summed E-state index contributed by atoms with van der Waals surface area (Å²) >= 11 is 0. The molecule has 2 aromatic heterocycles. The van der Waals surface area contributed by atoms with Gasteiger partial charge in [-0.25, -0.2) is 4.98 Å². The molecule has 0 bridgehead atoms. The van der Waals surface area contributed by atoms with Gasteiger partial charge in [0.25, 0.3) is 0 Å². The van der Waals surface area contributed by atoms with E-state index in [1.165, 1.54) is 5.56 Å². The Morgan fingerprint density at radius 2 is 2.15 bits per heavy atom. The van der Waals surface area contributed by atoms with Crippen LogP contribution in [0.2, 0.25) is 0 Å². The number of hydrogen-bond donors (Lipinski definition) is 3. The van der Waals surface area contributed by atoms with Crippen LogP contribution in [0.15, 0.2) is 48.7 Å². The van der Waals surface area contributed by atoms with Crippen LogP contribution < -0.4 is 10.6 Å². The average Bonchev–Trinajstić information content (AvgIpc) is 3.17. The number of piperidine rings is 1. The molecule has 4 rings (SSSR count). The van der Waals surface area contributed by atoms with Crippen LogP contribution in [0.4, 0.5) is 5.82 Å². The van der Waals surface area contributed by atoms with Crippen molar-refractivity contribution >= 4 is 11.5 Å². The van der Waals surface area contributed by atoms with Gasteiger partial charge in [0.15, 0.2) is 5.65 Å². The minimum atomic E-state index is -0.256. The molecule has 0 radical (unpaired) electrons. The topological polar surface area (TPSA) is 74.5 Å². The van der Waals surface area contributed by atoms with Crippen molar-refractivity contribution in [3.8, 4) is 0 Å². The lowest BCUT2D eigenvalue weighted by Crippen LogP contribution is -2.40. The maximum atomic E-state index is 10.2. The van der Waals surface area contributed by atoms with Crippen LogP contribution in [-0.4, -0.2) is 38.9 Å². The van der Waals surface area contributed by atoms with Crippen molar-refractivity contribution in [1.82, 2.24) is 19.9 Å². The van der Waals surface area contributed by atoms with E-state index in [-0.39, 0.29) is 12.1 Å². The third-order valence-corrected chi connectivity index (χ3v) is 5.44. The van der Waals surface area contributed by atoms with Crippen molar-refractivity contribution in [2.75, 3.05) is 18.4 Å². The summed E-state index contributed by atoms with van der Waals surface area (Å²) < 4.78 is 1.85. The first-order valence-corrected chi connectivity index (χ1v) is 9.74. The second-order valence-corrected chi connectivity index (χ2v) is 7.37. The molecule has 0 spiro atoms. The largest absolute Gasteiger partial charge is 0.392 e. The Kier molecular flexibility index (Phi) is 5.36. The summed E-state index contributed by atoms with van der Waals surface area (Å²) in [6, 6.07) is 14.6. The summed E-state index contributed by atoms with van der Waals surface area (Å²) in [5.74, 6) is 1.29. The van der Waals surface area contributed by atoms with Crippen LogP contribution in [0.25, 0.3) is 5.65 Å². The number of aromatic nitrogens is 3. The van der Waals surface area contributed by atoms with Crippen molar-refractivity contribution in [3.05, 3.63) is 59.9 Å². The molecule has 0 saturated carbocycles. The first kappa shape index (κ1) is 17.9. The van der Waals surface area contributed by atoms with E-state index in [1.807, 2.05) is 16.6 Å². The summed E-state index contributed by atoms with van der Waals surface area (Å²) in [6.07, 6.45) is 4.35. The summed E-state index contributed by atoms with van der Waals surface area (Å²) in [5.41, 5.74) is 3.12. The number of aliphatic hydroxyl groups is 1. The summed E-state index contributed by atoms with van der Waals surface area (Å²) in [4.78, 5) is 4.75. The van der Waals surface area contributed by atoms with Crippen molar-refractivity contribution in [2.45, 2.75) is 38.3 Å². The van der Waals surface area contributed by atoms with E-state index >= 15 is 0 Å². The molecule has 1 fully saturated rings. The van der Waals surface area contributed by atoms with Gasteiger partial charge in [-0.2, -0.15) is 9.61 Å². The first-order valence-electron chi connectivity index (χ1n) is 9.74. The smallest absolute Gasteiger partial charge is 0.157 e. The van der Waals surface area contributed by atoms with E-state index in [1.54, 1.807) is 6.20 Å². The second-order valence-electron chi connectivity index (χ2n) is 7.37. The summed E-state index contributed by atoms with van der Waals surface area (Å²) in [6.45, 7) is 3.83. The van der Waals surface area contributed by atoms with E-state index in [4.69, 9.17) is 4.98 Å². The molecular formula is C21H27N5O. The highest BCUT2D eigenvalue weighted by molar-refractivity contribution is 5.50. The molecule has 1 unspecified atom stereocenters. The van der Waals surface area contributed by atoms with Crippen molar-refractivity contribution in [1.29, 1.82) is 0 Å². The number of nitrogens with zero attached hydrogens (tertiary/aromatic N) is 3. The number of aryl methyl sites for hydroxylation is 1. The van der Waals surface area contributed by atoms with Gasteiger partial charge in [0, 0.05) is 30.4 Å². The predicted octanol–water partition coefficient (Wildman–Crippen LogP) is 2.81. The van der Waals surface area contributed by atoms with E-state index in [9.17, 15) is 5.11 Å². The molecule has 3 atom stereocenters. The van der Waals surface area contributed by atoms with Crippen molar-refractivity contribution in [2.24, 2.45) is 5.92 Å². The number of rotatable bonds is 6. The third-order valence-electron chi connectivity index (χ3n) is 5.44. The Labute approximate surface area is 159 Å². The average molecular weight is 365 g/mol. The zero-order valence-electron chi connectivity index (χ0n) is 15.7. The molecular weight excluding hydrogens is 338 g/mol. The highest BCUT2D eigenvalue weighted by Gasteiger charge is 2.22. The number of nitrogens with one attached hydrogen (secondary N) is 2. The molecule has 6 heteroatoms. The fraction of sp³-hybridized carbons (Fsp3) is 0.429. The van der Waals surface area contributed by atoms with Gasteiger partial charge in [-0.15, -0.1) is 0 Å². The molecule has 142 valence electrons. The number of aliphatic hydroxyl groups excluding tert-OH is 1. The van der Waals surface area contributed by atoms with Crippen LogP contribution in [0.1, 0.15) is 37.1 Å². The van der Waals surface area contributed by atoms with E-state index < -0.39 is 0 Å². The minimum absolute atomic E-state index is 0.167. The number of β-amino-alcohol motifs (C(OH)–C–C–N with tert-alkyl or cyclic N) is 1.